The first-order chi connectivity index (χ1) is 8.08. The molecule has 0 saturated heterocycles. The maximum absolute atomic E-state index is 11.9. The number of carbonyl (C=O) groups excluding carboxylic acids is 1. The predicted octanol–water partition coefficient (Wildman–Crippen LogP) is 3.17. The van der Waals surface area contributed by atoms with Crippen LogP contribution < -0.4 is 5.73 Å². The van der Waals surface area contributed by atoms with Crippen molar-refractivity contribution in [3.8, 4) is 0 Å². The van der Waals surface area contributed by atoms with Crippen LogP contribution in [0, 0.1) is 12.8 Å². The summed E-state index contributed by atoms with van der Waals surface area (Å²) in [5.41, 5.74) is 7.72. The number of ether oxygens (including phenoxy) is 1. The molecule has 0 radical (unpaired) electrons. The van der Waals surface area contributed by atoms with Crippen LogP contribution in [-0.2, 0) is 4.74 Å². The lowest BCUT2D eigenvalue weighted by Gasteiger charge is -2.13. The maximum atomic E-state index is 11.9. The van der Waals surface area contributed by atoms with Crippen molar-refractivity contribution in [1.29, 1.82) is 0 Å². The fourth-order valence-corrected chi connectivity index (χ4v) is 1.66. The third-order valence-corrected chi connectivity index (χ3v) is 3.09. The molecule has 0 aliphatic rings. The van der Waals surface area contributed by atoms with E-state index in [0.717, 1.165) is 18.4 Å². The second kappa shape index (κ2) is 6.28. The third kappa shape index (κ3) is 3.77. The molecule has 3 heteroatoms. The Balaban J connectivity index is 2.66. The van der Waals surface area contributed by atoms with Gasteiger partial charge in [-0.1, -0.05) is 32.8 Å². The zero-order chi connectivity index (χ0) is 12.8. The highest BCUT2D eigenvalue weighted by Crippen LogP contribution is 2.15. The first-order valence-corrected chi connectivity index (χ1v) is 6.11. The molecule has 0 aliphatic carbocycles. The Hall–Kier alpha value is -1.51. The lowest BCUT2D eigenvalue weighted by molar-refractivity contribution is 0.0432. The topological polar surface area (TPSA) is 52.3 Å². The van der Waals surface area contributed by atoms with Gasteiger partial charge in [-0.15, -0.1) is 0 Å². The van der Waals surface area contributed by atoms with Gasteiger partial charge in [0.25, 0.3) is 0 Å². The number of hydrogen-bond acceptors (Lipinski definition) is 3. The Morgan fingerprint density at radius 2 is 2.00 bits per heavy atom. The number of rotatable bonds is 5. The van der Waals surface area contributed by atoms with Gasteiger partial charge in [0, 0.05) is 5.69 Å². The van der Waals surface area contributed by atoms with Gasteiger partial charge in [0.1, 0.15) is 0 Å². The van der Waals surface area contributed by atoms with Crippen LogP contribution in [-0.4, -0.2) is 12.6 Å². The van der Waals surface area contributed by atoms with E-state index in [4.69, 9.17) is 10.5 Å². The fraction of sp³-hybridized carbons (Fsp3) is 0.500. The number of nitrogen functional groups attached to an aromatic ring is 1. The number of hydrogen-bond donors (Lipinski definition) is 1. The number of benzene rings is 1. The standard InChI is InChI=1S/C14H21NO2/c1-4-11(5-2)9-17-14(16)13-8-12(15)7-6-10(13)3/h6-8,11H,4-5,9,15H2,1-3H3. The molecule has 0 bridgehead atoms. The van der Waals surface area contributed by atoms with Crippen molar-refractivity contribution in [2.75, 3.05) is 12.3 Å². The summed E-state index contributed by atoms with van der Waals surface area (Å²) < 4.78 is 5.31. The molecule has 0 aliphatic heterocycles. The van der Waals surface area contributed by atoms with Gasteiger partial charge in [-0.05, 0) is 30.5 Å². The van der Waals surface area contributed by atoms with E-state index >= 15 is 0 Å². The van der Waals surface area contributed by atoms with E-state index in [1.165, 1.54) is 0 Å². The Labute approximate surface area is 103 Å². The van der Waals surface area contributed by atoms with Crippen LogP contribution in [0.25, 0.3) is 0 Å². The van der Waals surface area contributed by atoms with Gasteiger partial charge in [0.2, 0.25) is 0 Å². The molecule has 0 atom stereocenters. The summed E-state index contributed by atoms with van der Waals surface area (Å²) in [6.07, 6.45) is 2.05. The summed E-state index contributed by atoms with van der Waals surface area (Å²) in [7, 11) is 0. The second-order valence-corrected chi connectivity index (χ2v) is 4.36. The first kappa shape index (κ1) is 13.6. The largest absolute Gasteiger partial charge is 0.462 e. The summed E-state index contributed by atoms with van der Waals surface area (Å²) >= 11 is 0. The fourth-order valence-electron chi connectivity index (χ4n) is 1.66. The molecule has 17 heavy (non-hydrogen) atoms. The zero-order valence-corrected chi connectivity index (χ0v) is 10.8. The Bertz CT molecular complexity index is 384. The summed E-state index contributed by atoms with van der Waals surface area (Å²) in [6.45, 7) is 6.58. The van der Waals surface area contributed by atoms with Crippen LogP contribution in [0.4, 0.5) is 5.69 Å². The van der Waals surface area contributed by atoms with E-state index in [0.29, 0.717) is 23.8 Å². The lowest BCUT2D eigenvalue weighted by Crippen LogP contribution is -2.14. The average Bonchev–Trinajstić information content (AvgIpc) is 2.33. The number of nitrogens with two attached hydrogens (primary N) is 1. The number of aryl methyl sites for hydroxylation is 1. The molecule has 3 nitrogen and oxygen atoms in total. The minimum absolute atomic E-state index is 0.276. The van der Waals surface area contributed by atoms with Crippen LogP contribution in [0.2, 0.25) is 0 Å². The minimum atomic E-state index is -0.276. The summed E-state index contributed by atoms with van der Waals surface area (Å²) in [5, 5.41) is 0. The van der Waals surface area contributed by atoms with Crippen LogP contribution in [0.5, 0.6) is 0 Å². The van der Waals surface area contributed by atoms with Crippen LogP contribution in [0.1, 0.15) is 42.6 Å². The molecule has 0 aromatic heterocycles. The molecule has 1 aromatic rings. The second-order valence-electron chi connectivity index (χ2n) is 4.36. The van der Waals surface area contributed by atoms with Crippen LogP contribution in [0.15, 0.2) is 18.2 Å². The zero-order valence-electron chi connectivity index (χ0n) is 10.8. The maximum Gasteiger partial charge on any atom is 0.338 e. The van der Waals surface area contributed by atoms with E-state index in [1.807, 2.05) is 13.0 Å². The van der Waals surface area contributed by atoms with E-state index in [9.17, 15) is 4.79 Å². The van der Waals surface area contributed by atoms with Crippen LogP contribution >= 0.6 is 0 Å². The Morgan fingerprint density at radius 3 is 2.59 bits per heavy atom. The third-order valence-electron chi connectivity index (χ3n) is 3.09. The number of carbonyl (C=O) groups is 1. The Morgan fingerprint density at radius 1 is 1.35 bits per heavy atom. The highest BCUT2D eigenvalue weighted by Gasteiger charge is 2.13. The van der Waals surface area contributed by atoms with Crippen LogP contribution in [0.3, 0.4) is 0 Å². The van der Waals surface area contributed by atoms with Gasteiger partial charge in [-0.25, -0.2) is 4.79 Å². The average molecular weight is 235 g/mol. The highest BCUT2D eigenvalue weighted by molar-refractivity contribution is 5.92. The van der Waals surface area contributed by atoms with Gasteiger partial charge in [-0.2, -0.15) is 0 Å². The molecule has 0 unspecified atom stereocenters. The van der Waals surface area contributed by atoms with Gasteiger partial charge < -0.3 is 10.5 Å². The molecule has 0 spiro atoms. The van der Waals surface area contributed by atoms with Crippen molar-refractivity contribution >= 4 is 11.7 Å². The molecule has 0 amide bonds. The van der Waals surface area contributed by atoms with Gasteiger partial charge in [0.15, 0.2) is 0 Å². The van der Waals surface area contributed by atoms with Crippen molar-refractivity contribution in [3.63, 3.8) is 0 Å². The summed E-state index contributed by atoms with van der Waals surface area (Å²) in [6, 6.07) is 5.29. The summed E-state index contributed by atoms with van der Waals surface area (Å²) in [5.74, 6) is 0.169. The normalized spacial score (nSPS) is 10.6. The van der Waals surface area contributed by atoms with Gasteiger partial charge in [0.05, 0.1) is 12.2 Å². The minimum Gasteiger partial charge on any atom is -0.462 e. The molecule has 0 saturated carbocycles. The molecular weight excluding hydrogens is 214 g/mol. The molecule has 0 heterocycles. The quantitative estimate of drug-likeness (QED) is 0.630. The smallest absolute Gasteiger partial charge is 0.338 e. The van der Waals surface area contributed by atoms with Crippen molar-refractivity contribution in [2.24, 2.45) is 5.92 Å². The Kier molecular flexibility index (Phi) is 5.01. The summed E-state index contributed by atoms with van der Waals surface area (Å²) in [4.78, 5) is 11.9. The van der Waals surface area contributed by atoms with E-state index in [2.05, 4.69) is 13.8 Å². The lowest BCUT2D eigenvalue weighted by atomic mass is 10.1. The first-order valence-electron chi connectivity index (χ1n) is 6.11. The SMILES string of the molecule is CCC(CC)COC(=O)c1cc(N)ccc1C. The van der Waals surface area contributed by atoms with Gasteiger partial charge in [-0.3, -0.25) is 0 Å². The van der Waals surface area contributed by atoms with Crippen molar-refractivity contribution in [1.82, 2.24) is 0 Å². The van der Waals surface area contributed by atoms with Gasteiger partial charge >= 0.3 is 5.97 Å². The molecule has 2 N–H and O–H groups in total. The van der Waals surface area contributed by atoms with Crippen molar-refractivity contribution in [3.05, 3.63) is 29.3 Å². The number of esters is 1. The number of anilines is 1. The van der Waals surface area contributed by atoms with Crippen molar-refractivity contribution in [2.45, 2.75) is 33.6 Å². The van der Waals surface area contributed by atoms with E-state index < -0.39 is 0 Å². The van der Waals surface area contributed by atoms with E-state index in [-0.39, 0.29) is 5.97 Å². The van der Waals surface area contributed by atoms with E-state index in [1.54, 1.807) is 12.1 Å². The predicted molar refractivity (Wildman–Crippen MR) is 69.9 cm³/mol. The molecule has 94 valence electrons. The molecule has 0 fully saturated rings. The highest BCUT2D eigenvalue weighted by atomic mass is 16.5. The van der Waals surface area contributed by atoms with Crippen molar-refractivity contribution < 1.29 is 9.53 Å². The molecule has 1 rings (SSSR count). The molecular formula is C14H21NO2. The monoisotopic (exact) mass is 235 g/mol. The molecule has 1 aromatic carbocycles.